The standard InChI is InChI=1S/C10H14N4O/c1-7(2)13-9-4-10(15)14(12-6-9)8(3)5-11/h4,6-8,13H,1-3H3. The highest BCUT2D eigenvalue weighted by Gasteiger charge is 2.06. The molecule has 0 aromatic carbocycles. The molecule has 1 aromatic heterocycles. The van der Waals surface area contributed by atoms with Crippen LogP contribution in [0.5, 0.6) is 0 Å². The number of anilines is 1. The van der Waals surface area contributed by atoms with E-state index >= 15 is 0 Å². The Morgan fingerprint density at radius 2 is 2.20 bits per heavy atom. The third-order valence-corrected chi connectivity index (χ3v) is 1.84. The fourth-order valence-electron chi connectivity index (χ4n) is 1.18. The second kappa shape index (κ2) is 4.60. The zero-order chi connectivity index (χ0) is 11.4. The minimum absolute atomic E-state index is 0.246. The van der Waals surface area contributed by atoms with Crippen molar-refractivity contribution in [2.24, 2.45) is 0 Å². The number of nitrogens with one attached hydrogen (secondary N) is 1. The van der Waals surface area contributed by atoms with Crippen LogP contribution in [0.3, 0.4) is 0 Å². The van der Waals surface area contributed by atoms with Crippen LogP contribution in [-0.2, 0) is 0 Å². The highest BCUT2D eigenvalue weighted by Crippen LogP contribution is 2.04. The molecule has 0 amide bonds. The minimum Gasteiger partial charge on any atom is -0.381 e. The van der Waals surface area contributed by atoms with Gasteiger partial charge in [-0.3, -0.25) is 4.79 Å². The van der Waals surface area contributed by atoms with Crippen molar-refractivity contribution in [1.82, 2.24) is 9.78 Å². The van der Waals surface area contributed by atoms with Crippen LogP contribution in [-0.4, -0.2) is 15.8 Å². The van der Waals surface area contributed by atoms with Crippen molar-refractivity contribution in [2.45, 2.75) is 32.9 Å². The molecule has 0 saturated heterocycles. The summed E-state index contributed by atoms with van der Waals surface area (Å²) < 4.78 is 1.16. The van der Waals surface area contributed by atoms with Crippen LogP contribution < -0.4 is 10.9 Å². The number of nitriles is 1. The summed E-state index contributed by atoms with van der Waals surface area (Å²) in [5, 5.41) is 15.7. The molecule has 15 heavy (non-hydrogen) atoms. The van der Waals surface area contributed by atoms with Gasteiger partial charge in [0.2, 0.25) is 0 Å². The van der Waals surface area contributed by atoms with Crippen LogP contribution in [0.25, 0.3) is 0 Å². The van der Waals surface area contributed by atoms with E-state index in [-0.39, 0.29) is 11.6 Å². The molecule has 0 radical (unpaired) electrons. The van der Waals surface area contributed by atoms with Crippen LogP contribution in [0.1, 0.15) is 26.8 Å². The molecule has 1 unspecified atom stereocenters. The van der Waals surface area contributed by atoms with Crippen molar-refractivity contribution in [3.63, 3.8) is 0 Å². The lowest BCUT2D eigenvalue weighted by Gasteiger charge is -2.10. The van der Waals surface area contributed by atoms with Gasteiger partial charge in [-0.2, -0.15) is 10.4 Å². The Kier molecular flexibility index (Phi) is 3.45. The molecule has 1 rings (SSSR count). The maximum Gasteiger partial charge on any atom is 0.270 e. The van der Waals surface area contributed by atoms with Crippen molar-refractivity contribution >= 4 is 5.69 Å². The summed E-state index contributed by atoms with van der Waals surface area (Å²) in [4.78, 5) is 11.5. The molecule has 1 N–H and O–H groups in total. The lowest BCUT2D eigenvalue weighted by molar-refractivity contribution is 0.555. The first-order valence-corrected chi connectivity index (χ1v) is 4.79. The van der Waals surface area contributed by atoms with Crippen LogP contribution in [0, 0.1) is 11.3 Å². The Hall–Kier alpha value is -1.83. The van der Waals surface area contributed by atoms with Gasteiger partial charge in [-0.1, -0.05) is 0 Å². The summed E-state index contributed by atoms with van der Waals surface area (Å²) >= 11 is 0. The molecule has 0 bridgehead atoms. The summed E-state index contributed by atoms with van der Waals surface area (Å²) in [6.45, 7) is 5.58. The quantitative estimate of drug-likeness (QED) is 0.805. The smallest absolute Gasteiger partial charge is 0.270 e. The molecule has 0 fully saturated rings. The lowest BCUT2D eigenvalue weighted by atomic mass is 10.3. The molecule has 0 spiro atoms. The minimum atomic E-state index is -0.536. The Bertz CT molecular complexity index is 430. The van der Waals surface area contributed by atoms with Crippen LogP contribution >= 0.6 is 0 Å². The van der Waals surface area contributed by atoms with E-state index in [0.29, 0.717) is 5.69 Å². The molecule has 0 saturated carbocycles. The zero-order valence-electron chi connectivity index (χ0n) is 9.06. The number of hydrogen-bond donors (Lipinski definition) is 1. The number of nitrogens with zero attached hydrogens (tertiary/aromatic N) is 3. The first kappa shape index (κ1) is 11.2. The fourth-order valence-corrected chi connectivity index (χ4v) is 1.18. The molecule has 0 aliphatic carbocycles. The van der Waals surface area contributed by atoms with Gasteiger partial charge in [0.15, 0.2) is 0 Å². The third-order valence-electron chi connectivity index (χ3n) is 1.84. The average Bonchev–Trinajstić information content (AvgIpc) is 2.16. The first-order valence-electron chi connectivity index (χ1n) is 4.79. The van der Waals surface area contributed by atoms with E-state index in [1.165, 1.54) is 6.07 Å². The predicted octanol–water partition coefficient (Wildman–Crippen LogP) is 1.15. The first-order chi connectivity index (χ1) is 7.04. The maximum atomic E-state index is 11.5. The van der Waals surface area contributed by atoms with E-state index in [0.717, 1.165) is 4.68 Å². The highest BCUT2D eigenvalue weighted by atomic mass is 16.1. The summed E-state index contributed by atoms with van der Waals surface area (Å²) in [5.74, 6) is 0. The fraction of sp³-hybridized carbons (Fsp3) is 0.500. The van der Waals surface area contributed by atoms with Gasteiger partial charge in [0.25, 0.3) is 5.56 Å². The SMILES string of the molecule is CC(C)Nc1cnn(C(C)C#N)c(=O)c1. The van der Waals surface area contributed by atoms with Crippen molar-refractivity contribution in [3.05, 3.63) is 22.6 Å². The van der Waals surface area contributed by atoms with Gasteiger partial charge in [0.1, 0.15) is 6.04 Å². The van der Waals surface area contributed by atoms with Gasteiger partial charge in [-0.15, -0.1) is 0 Å². The lowest BCUT2D eigenvalue weighted by Crippen LogP contribution is -2.25. The van der Waals surface area contributed by atoms with Gasteiger partial charge in [0, 0.05) is 12.1 Å². The van der Waals surface area contributed by atoms with Gasteiger partial charge in [0.05, 0.1) is 18.0 Å². The molecule has 0 aliphatic rings. The number of aromatic nitrogens is 2. The second-order valence-electron chi connectivity index (χ2n) is 3.63. The van der Waals surface area contributed by atoms with E-state index in [2.05, 4.69) is 10.4 Å². The Morgan fingerprint density at radius 3 is 2.67 bits per heavy atom. The topological polar surface area (TPSA) is 70.7 Å². The maximum absolute atomic E-state index is 11.5. The van der Waals surface area contributed by atoms with E-state index in [4.69, 9.17) is 5.26 Å². The highest BCUT2D eigenvalue weighted by molar-refractivity contribution is 5.39. The van der Waals surface area contributed by atoms with Gasteiger partial charge in [-0.05, 0) is 20.8 Å². The van der Waals surface area contributed by atoms with Crippen molar-refractivity contribution in [2.75, 3.05) is 5.32 Å². The monoisotopic (exact) mass is 206 g/mol. The Morgan fingerprint density at radius 1 is 1.53 bits per heavy atom. The Labute approximate surface area is 88.3 Å². The molecule has 0 aliphatic heterocycles. The van der Waals surface area contributed by atoms with Crippen molar-refractivity contribution in [1.29, 1.82) is 5.26 Å². The molecule has 5 nitrogen and oxygen atoms in total. The van der Waals surface area contributed by atoms with Crippen LogP contribution in [0.4, 0.5) is 5.69 Å². The normalized spacial score (nSPS) is 12.2. The van der Waals surface area contributed by atoms with E-state index < -0.39 is 6.04 Å². The molecule has 1 heterocycles. The van der Waals surface area contributed by atoms with E-state index in [1.54, 1.807) is 13.1 Å². The Balaban J connectivity index is 3.00. The van der Waals surface area contributed by atoms with Gasteiger partial charge in [-0.25, -0.2) is 4.68 Å². The summed E-state index contributed by atoms with van der Waals surface area (Å²) in [6.07, 6.45) is 1.55. The summed E-state index contributed by atoms with van der Waals surface area (Å²) in [5.41, 5.74) is 0.408. The van der Waals surface area contributed by atoms with Crippen LogP contribution in [0.2, 0.25) is 0 Å². The van der Waals surface area contributed by atoms with E-state index in [1.807, 2.05) is 19.9 Å². The van der Waals surface area contributed by atoms with Crippen molar-refractivity contribution < 1.29 is 0 Å². The van der Waals surface area contributed by atoms with Crippen molar-refractivity contribution in [3.8, 4) is 6.07 Å². The largest absolute Gasteiger partial charge is 0.381 e. The molecule has 1 atom stereocenters. The molecule has 5 heteroatoms. The molecular formula is C10H14N4O. The third kappa shape index (κ3) is 2.81. The predicted molar refractivity (Wildman–Crippen MR) is 57.6 cm³/mol. The molecular weight excluding hydrogens is 192 g/mol. The van der Waals surface area contributed by atoms with Crippen LogP contribution in [0.15, 0.2) is 17.1 Å². The van der Waals surface area contributed by atoms with Gasteiger partial charge < -0.3 is 5.32 Å². The molecule has 80 valence electrons. The second-order valence-corrected chi connectivity index (χ2v) is 3.63. The summed E-state index contributed by atoms with van der Waals surface area (Å²) in [7, 11) is 0. The summed E-state index contributed by atoms with van der Waals surface area (Å²) in [6, 6.07) is 3.12. The zero-order valence-corrected chi connectivity index (χ0v) is 9.06. The molecule has 1 aromatic rings. The average molecular weight is 206 g/mol. The van der Waals surface area contributed by atoms with E-state index in [9.17, 15) is 4.79 Å². The number of rotatable bonds is 3. The number of hydrogen-bond acceptors (Lipinski definition) is 4. The van der Waals surface area contributed by atoms with Gasteiger partial charge >= 0.3 is 0 Å².